The van der Waals surface area contributed by atoms with Crippen LogP contribution in [0.2, 0.25) is 0 Å². The van der Waals surface area contributed by atoms with Crippen LogP contribution in [0, 0.1) is 0 Å². The van der Waals surface area contributed by atoms with E-state index in [1.54, 1.807) is 14.2 Å². The van der Waals surface area contributed by atoms with Gasteiger partial charge >= 0.3 is 7.82 Å². The van der Waals surface area contributed by atoms with Crippen molar-refractivity contribution in [3.8, 4) is 11.5 Å². The van der Waals surface area contributed by atoms with Gasteiger partial charge in [-0.1, -0.05) is 6.07 Å². The highest BCUT2D eigenvalue weighted by Crippen LogP contribution is 2.29. The summed E-state index contributed by atoms with van der Waals surface area (Å²) in [5.74, 6) is 1.57. The van der Waals surface area contributed by atoms with Crippen LogP contribution in [0.15, 0.2) is 18.2 Å². The molecule has 1 aliphatic heterocycles. The van der Waals surface area contributed by atoms with Crippen LogP contribution in [0.1, 0.15) is 5.56 Å². The molecule has 1 saturated heterocycles. The predicted molar refractivity (Wildman–Crippen MR) is 81.9 cm³/mol. The topological polar surface area (TPSA) is 99.5 Å². The Morgan fingerprint density at radius 3 is 2.19 bits per heavy atom. The number of rotatable bonds is 4. The molecule has 1 aromatic rings. The molecule has 1 heterocycles. The smallest absolute Gasteiger partial charge is 0.466 e. The lowest BCUT2D eigenvalue weighted by Gasteiger charge is -2.36. The lowest BCUT2D eigenvalue weighted by Crippen LogP contribution is -2.46. The first-order valence-electron chi connectivity index (χ1n) is 6.12. The van der Waals surface area contributed by atoms with Gasteiger partial charge in [-0.15, -0.1) is 0 Å². The molecule has 21 heavy (non-hydrogen) atoms. The molecule has 1 fully saturated rings. The second-order valence-electron chi connectivity index (χ2n) is 4.55. The number of thiol groups is 1. The van der Waals surface area contributed by atoms with Crippen LogP contribution in [-0.2, 0) is 11.1 Å². The van der Waals surface area contributed by atoms with E-state index in [2.05, 4.69) is 23.6 Å². The molecule has 7 nitrogen and oxygen atoms in total. The lowest BCUT2D eigenvalue weighted by molar-refractivity contribution is 0.182. The maximum Gasteiger partial charge on any atom is 0.466 e. The Labute approximate surface area is 129 Å². The summed E-state index contributed by atoms with van der Waals surface area (Å²) in [6, 6.07) is 6.06. The zero-order valence-electron chi connectivity index (χ0n) is 11.8. The minimum absolute atomic E-state index is 0.542. The molecule has 0 aromatic heterocycles. The number of methoxy groups -OCH3 is 2. The maximum absolute atomic E-state index is 8.88. The summed E-state index contributed by atoms with van der Waals surface area (Å²) in [6.07, 6.45) is 0. The number of ether oxygens (including phenoxy) is 2. The van der Waals surface area contributed by atoms with E-state index in [1.165, 1.54) is 5.56 Å². The van der Waals surface area contributed by atoms with Gasteiger partial charge in [0, 0.05) is 24.9 Å². The Balaban J connectivity index is 0.000000383. The van der Waals surface area contributed by atoms with Gasteiger partial charge < -0.3 is 24.2 Å². The SMILES string of the molecule is COc1ccc(CN2CC(S)C2)cc1OC.O=P(O)(O)O. The molecule has 1 aromatic carbocycles. The molecule has 3 N–H and O–H groups in total. The summed E-state index contributed by atoms with van der Waals surface area (Å²) in [6.45, 7) is 3.09. The Kier molecular flexibility index (Phi) is 6.99. The first-order valence-corrected chi connectivity index (χ1v) is 8.20. The van der Waals surface area contributed by atoms with E-state index in [4.69, 9.17) is 28.7 Å². The standard InChI is InChI=1S/C12H17NO2S.H3O4P/c1-14-11-4-3-9(5-12(11)15-2)6-13-7-10(16)8-13;1-5(2,3)4/h3-5,10,16H,6-8H2,1-2H3;(H3,1,2,3,4). The Morgan fingerprint density at radius 2 is 1.76 bits per heavy atom. The Bertz CT molecular complexity index is 494. The van der Waals surface area contributed by atoms with Gasteiger partial charge in [0.15, 0.2) is 11.5 Å². The third kappa shape index (κ3) is 7.17. The molecular formula is C12H20NO6PS. The van der Waals surface area contributed by atoms with Gasteiger partial charge in [-0.2, -0.15) is 12.6 Å². The summed E-state index contributed by atoms with van der Waals surface area (Å²) in [5, 5.41) is 0.542. The highest BCUT2D eigenvalue weighted by atomic mass is 32.1. The third-order valence-electron chi connectivity index (χ3n) is 2.79. The molecule has 0 radical (unpaired) electrons. The summed E-state index contributed by atoms with van der Waals surface area (Å²) >= 11 is 4.39. The minimum Gasteiger partial charge on any atom is -0.493 e. The second kappa shape index (κ2) is 8.03. The van der Waals surface area contributed by atoms with Crippen LogP contribution in [0.3, 0.4) is 0 Å². The van der Waals surface area contributed by atoms with E-state index >= 15 is 0 Å². The van der Waals surface area contributed by atoms with Gasteiger partial charge in [0.2, 0.25) is 0 Å². The van der Waals surface area contributed by atoms with Crippen molar-refractivity contribution in [3.05, 3.63) is 23.8 Å². The molecule has 0 saturated carbocycles. The van der Waals surface area contributed by atoms with Crippen molar-refractivity contribution >= 4 is 20.5 Å². The third-order valence-corrected chi connectivity index (χ3v) is 3.12. The average Bonchev–Trinajstić information content (AvgIpc) is 2.34. The van der Waals surface area contributed by atoms with E-state index in [9.17, 15) is 0 Å². The number of hydrogen-bond acceptors (Lipinski definition) is 5. The van der Waals surface area contributed by atoms with E-state index in [1.807, 2.05) is 12.1 Å². The van der Waals surface area contributed by atoms with Gasteiger partial charge in [-0.3, -0.25) is 4.90 Å². The Hall–Kier alpha value is -0.760. The molecule has 0 bridgehead atoms. The molecule has 0 aliphatic carbocycles. The number of benzene rings is 1. The Morgan fingerprint density at radius 1 is 1.24 bits per heavy atom. The van der Waals surface area contributed by atoms with Crippen LogP contribution in [0.5, 0.6) is 11.5 Å². The fourth-order valence-electron chi connectivity index (χ4n) is 1.91. The number of hydrogen-bond donors (Lipinski definition) is 4. The summed E-state index contributed by atoms with van der Waals surface area (Å²) in [4.78, 5) is 23.9. The molecule has 0 spiro atoms. The first-order chi connectivity index (χ1) is 9.72. The molecular weight excluding hydrogens is 317 g/mol. The molecule has 1 aliphatic rings. The van der Waals surface area contributed by atoms with Gasteiger partial charge in [0.25, 0.3) is 0 Å². The van der Waals surface area contributed by atoms with Crippen molar-refractivity contribution in [1.29, 1.82) is 0 Å². The number of nitrogens with zero attached hydrogens (tertiary/aromatic N) is 1. The number of phosphoric acid groups is 1. The average molecular weight is 337 g/mol. The van der Waals surface area contributed by atoms with Crippen molar-refractivity contribution in [2.75, 3.05) is 27.3 Å². The van der Waals surface area contributed by atoms with Crippen LogP contribution < -0.4 is 9.47 Å². The van der Waals surface area contributed by atoms with E-state index < -0.39 is 7.82 Å². The fraction of sp³-hybridized carbons (Fsp3) is 0.500. The predicted octanol–water partition coefficient (Wildman–Crippen LogP) is 0.889. The zero-order valence-corrected chi connectivity index (χ0v) is 13.6. The molecule has 120 valence electrons. The second-order valence-corrected chi connectivity index (χ2v) is 6.31. The van der Waals surface area contributed by atoms with Crippen molar-refractivity contribution in [3.63, 3.8) is 0 Å². The molecule has 9 heteroatoms. The van der Waals surface area contributed by atoms with Gasteiger partial charge in [0.05, 0.1) is 14.2 Å². The van der Waals surface area contributed by atoms with Crippen LogP contribution >= 0.6 is 20.5 Å². The summed E-state index contributed by atoms with van der Waals surface area (Å²) < 4.78 is 19.4. The summed E-state index contributed by atoms with van der Waals surface area (Å²) in [7, 11) is -1.33. The van der Waals surface area contributed by atoms with Gasteiger partial charge in [-0.05, 0) is 17.7 Å². The van der Waals surface area contributed by atoms with E-state index in [0.29, 0.717) is 5.25 Å². The van der Waals surface area contributed by atoms with Crippen molar-refractivity contribution in [2.24, 2.45) is 0 Å². The maximum atomic E-state index is 8.88. The quantitative estimate of drug-likeness (QED) is 0.478. The normalized spacial score (nSPS) is 15.7. The fourth-order valence-corrected chi connectivity index (χ4v) is 2.37. The monoisotopic (exact) mass is 337 g/mol. The zero-order chi connectivity index (χ0) is 16.0. The number of likely N-dealkylation sites (tertiary alicyclic amines) is 1. The van der Waals surface area contributed by atoms with Crippen molar-refractivity contribution in [2.45, 2.75) is 11.8 Å². The molecule has 0 atom stereocenters. The molecule has 0 unspecified atom stereocenters. The highest BCUT2D eigenvalue weighted by molar-refractivity contribution is 7.81. The van der Waals surface area contributed by atoms with Crippen LogP contribution in [-0.4, -0.2) is 52.1 Å². The van der Waals surface area contributed by atoms with Gasteiger partial charge in [-0.25, -0.2) is 4.57 Å². The van der Waals surface area contributed by atoms with Crippen LogP contribution in [0.4, 0.5) is 0 Å². The van der Waals surface area contributed by atoms with Crippen LogP contribution in [0.25, 0.3) is 0 Å². The molecule has 0 amide bonds. The largest absolute Gasteiger partial charge is 0.493 e. The van der Waals surface area contributed by atoms with E-state index in [-0.39, 0.29) is 0 Å². The van der Waals surface area contributed by atoms with E-state index in [0.717, 1.165) is 31.1 Å². The highest BCUT2D eigenvalue weighted by Gasteiger charge is 2.23. The van der Waals surface area contributed by atoms with Gasteiger partial charge in [0.1, 0.15) is 0 Å². The summed E-state index contributed by atoms with van der Waals surface area (Å²) in [5.41, 5.74) is 1.25. The minimum atomic E-state index is -4.64. The first kappa shape index (κ1) is 18.3. The van der Waals surface area contributed by atoms with Crippen molar-refractivity contribution in [1.82, 2.24) is 4.90 Å². The lowest BCUT2D eigenvalue weighted by atomic mass is 10.1. The van der Waals surface area contributed by atoms with Crippen molar-refractivity contribution < 1.29 is 28.7 Å². The molecule has 2 rings (SSSR count).